The molecule has 23 heavy (non-hydrogen) atoms. The normalized spacial score (nSPS) is 12.1. The van der Waals surface area contributed by atoms with Crippen molar-refractivity contribution in [2.24, 2.45) is 0 Å². The first-order chi connectivity index (χ1) is 10.6. The van der Waals surface area contributed by atoms with E-state index in [2.05, 4.69) is 15.0 Å². The van der Waals surface area contributed by atoms with Gasteiger partial charge >= 0.3 is 6.18 Å². The smallest absolute Gasteiger partial charge is 0.426 e. The van der Waals surface area contributed by atoms with Crippen molar-refractivity contribution in [3.63, 3.8) is 0 Å². The molecular formula is C15H16F3N3O2. The lowest BCUT2D eigenvalue weighted by molar-refractivity contribution is -0.141. The molecule has 2 rings (SSSR count). The van der Waals surface area contributed by atoms with Crippen LogP contribution < -0.4 is 9.47 Å². The molecule has 0 fully saturated rings. The molecule has 0 atom stereocenters. The molecule has 0 N–H and O–H groups in total. The summed E-state index contributed by atoms with van der Waals surface area (Å²) < 4.78 is 50.3. The molecule has 0 aromatic carbocycles. The first-order valence-corrected chi connectivity index (χ1v) is 6.74. The predicted molar refractivity (Wildman–Crippen MR) is 77.2 cm³/mol. The van der Waals surface area contributed by atoms with Crippen molar-refractivity contribution in [3.05, 3.63) is 30.1 Å². The zero-order valence-electron chi connectivity index (χ0n) is 13.1. The summed E-state index contributed by atoms with van der Waals surface area (Å²) in [6.45, 7) is 4.89. The molecule has 0 spiro atoms. The predicted octanol–water partition coefficient (Wildman–Crippen LogP) is 3.74. The molecule has 124 valence electrons. The zero-order chi connectivity index (χ0) is 17.3. The fraction of sp³-hybridized carbons (Fsp3) is 0.400. The Balaban J connectivity index is 2.68. The number of rotatable bonds is 3. The summed E-state index contributed by atoms with van der Waals surface area (Å²) in [7, 11) is 1.12. The Kier molecular flexibility index (Phi) is 4.44. The zero-order valence-corrected chi connectivity index (χ0v) is 13.1. The lowest BCUT2D eigenvalue weighted by Gasteiger charge is -2.24. The van der Waals surface area contributed by atoms with Gasteiger partial charge in [0.05, 0.1) is 7.11 Å². The van der Waals surface area contributed by atoms with E-state index in [1.807, 2.05) is 0 Å². The quantitative estimate of drug-likeness (QED) is 0.859. The summed E-state index contributed by atoms with van der Waals surface area (Å²) in [4.78, 5) is 11.7. The number of pyridine rings is 1. The Labute approximate surface area is 131 Å². The fourth-order valence-corrected chi connectivity index (χ4v) is 1.80. The minimum absolute atomic E-state index is 0.0437. The SMILES string of the molecule is COc1nc(-c2cccnc2)nc(OC(C)(C)C)c1C(F)(F)F. The van der Waals surface area contributed by atoms with E-state index < -0.39 is 29.1 Å². The van der Waals surface area contributed by atoms with E-state index in [1.54, 1.807) is 32.9 Å². The summed E-state index contributed by atoms with van der Waals surface area (Å²) >= 11 is 0. The number of nitrogens with zero attached hydrogens (tertiary/aromatic N) is 3. The van der Waals surface area contributed by atoms with Gasteiger partial charge in [0.25, 0.3) is 0 Å². The van der Waals surface area contributed by atoms with E-state index >= 15 is 0 Å². The molecule has 0 aliphatic rings. The van der Waals surface area contributed by atoms with Gasteiger partial charge in [-0.15, -0.1) is 0 Å². The fourth-order valence-electron chi connectivity index (χ4n) is 1.80. The first kappa shape index (κ1) is 17.0. The maximum atomic E-state index is 13.4. The van der Waals surface area contributed by atoms with Gasteiger partial charge in [0, 0.05) is 18.0 Å². The van der Waals surface area contributed by atoms with E-state index in [1.165, 1.54) is 12.4 Å². The topological polar surface area (TPSA) is 57.1 Å². The monoisotopic (exact) mass is 327 g/mol. The van der Waals surface area contributed by atoms with Crippen LogP contribution in [0.15, 0.2) is 24.5 Å². The van der Waals surface area contributed by atoms with Crippen LogP contribution in [0.1, 0.15) is 26.3 Å². The molecule has 0 bridgehead atoms. The van der Waals surface area contributed by atoms with Crippen molar-refractivity contribution in [1.82, 2.24) is 15.0 Å². The molecule has 2 aromatic heterocycles. The minimum atomic E-state index is -4.71. The van der Waals surface area contributed by atoms with Crippen molar-refractivity contribution >= 4 is 0 Å². The van der Waals surface area contributed by atoms with Crippen LogP contribution in [-0.4, -0.2) is 27.7 Å². The van der Waals surface area contributed by atoms with Crippen LogP contribution in [-0.2, 0) is 6.18 Å². The van der Waals surface area contributed by atoms with Crippen molar-refractivity contribution in [2.75, 3.05) is 7.11 Å². The highest BCUT2D eigenvalue weighted by molar-refractivity contribution is 5.56. The average Bonchev–Trinajstić information content (AvgIpc) is 2.44. The summed E-state index contributed by atoms with van der Waals surface area (Å²) in [5.41, 5.74) is -1.55. The van der Waals surface area contributed by atoms with Gasteiger partial charge in [0.1, 0.15) is 5.60 Å². The van der Waals surface area contributed by atoms with Crippen LogP contribution in [0.3, 0.4) is 0 Å². The molecular weight excluding hydrogens is 311 g/mol. The molecule has 0 saturated carbocycles. The highest BCUT2D eigenvalue weighted by Crippen LogP contribution is 2.42. The first-order valence-electron chi connectivity index (χ1n) is 6.74. The highest BCUT2D eigenvalue weighted by Gasteiger charge is 2.41. The van der Waals surface area contributed by atoms with Gasteiger partial charge in [0.15, 0.2) is 11.4 Å². The highest BCUT2D eigenvalue weighted by atomic mass is 19.4. The second kappa shape index (κ2) is 6.02. The summed E-state index contributed by atoms with van der Waals surface area (Å²) in [5.74, 6) is -1.12. The van der Waals surface area contributed by atoms with Gasteiger partial charge in [-0.3, -0.25) is 4.98 Å². The molecule has 0 unspecified atom stereocenters. The van der Waals surface area contributed by atoms with E-state index in [-0.39, 0.29) is 5.82 Å². The molecule has 0 saturated heterocycles. The Bertz CT molecular complexity index is 683. The third kappa shape index (κ3) is 4.08. The van der Waals surface area contributed by atoms with Crippen molar-refractivity contribution in [1.29, 1.82) is 0 Å². The lowest BCUT2D eigenvalue weighted by atomic mass is 10.2. The third-order valence-corrected chi connectivity index (χ3v) is 2.64. The number of aromatic nitrogens is 3. The Hall–Kier alpha value is -2.38. The van der Waals surface area contributed by atoms with Gasteiger partial charge in [-0.25, -0.2) is 0 Å². The molecule has 8 heteroatoms. The molecule has 0 aliphatic heterocycles. The van der Waals surface area contributed by atoms with E-state index in [4.69, 9.17) is 9.47 Å². The van der Waals surface area contributed by atoms with Gasteiger partial charge in [0.2, 0.25) is 11.8 Å². The van der Waals surface area contributed by atoms with Crippen molar-refractivity contribution in [2.45, 2.75) is 32.5 Å². The lowest BCUT2D eigenvalue weighted by Crippen LogP contribution is -2.26. The standard InChI is InChI=1S/C15H16F3N3O2/c1-14(2,3)23-13-10(15(16,17)18)12(22-4)20-11(21-13)9-6-5-7-19-8-9/h5-8H,1-4H3. The molecule has 0 amide bonds. The van der Waals surface area contributed by atoms with Crippen molar-refractivity contribution < 1.29 is 22.6 Å². The van der Waals surface area contributed by atoms with Gasteiger partial charge in [-0.1, -0.05) is 0 Å². The summed E-state index contributed by atoms with van der Waals surface area (Å²) in [5, 5.41) is 0. The van der Waals surface area contributed by atoms with Gasteiger partial charge in [-0.05, 0) is 32.9 Å². The number of alkyl halides is 3. The Morgan fingerprint density at radius 2 is 1.70 bits per heavy atom. The molecule has 0 aliphatic carbocycles. The average molecular weight is 327 g/mol. The van der Waals surface area contributed by atoms with E-state index in [9.17, 15) is 13.2 Å². The van der Waals surface area contributed by atoms with Crippen LogP contribution in [0.25, 0.3) is 11.4 Å². The number of halogens is 3. The maximum Gasteiger partial charge on any atom is 0.426 e. The number of hydrogen-bond acceptors (Lipinski definition) is 5. The number of ether oxygens (including phenoxy) is 2. The summed E-state index contributed by atoms with van der Waals surface area (Å²) in [6.07, 6.45) is -1.72. The van der Waals surface area contributed by atoms with E-state index in [0.29, 0.717) is 5.56 Å². The van der Waals surface area contributed by atoms with Gasteiger partial charge in [-0.2, -0.15) is 23.1 Å². The molecule has 2 heterocycles. The van der Waals surface area contributed by atoms with Crippen LogP contribution >= 0.6 is 0 Å². The largest absolute Gasteiger partial charge is 0.480 e. The maximum absolute atomic E-state index is 13.4. The summed E-state index contributed by atoms with van der Waals surface area (Å²) in [6, 6.07) is 3.27. The third-order valence-electron chi connectivity index (χ3n) is 2.64. The Morgan fingerprint density at radius 1 is 1.04 bits per heavy atom. The molecule has 0 radical (unpaired) electrons. The molecule has 2 aromatic rings. The van der Waals surface area contributed by atoms with Crippen LogP contribution in [0.2, 0.25) is 0 Å². The van der Waals surface area contributed by atoms with Crippen LogP contribution in [0.4, 0.5) is 13.2 Å². The minimum Gasteiger partial charge on any atom is -0.480 e. The second-order valence-electron chi connectivity index (χ2n) is 5.69. The number of methoxy groups -OCH3 is 1. The van der Waals surface area contributed by atoms with Crippen molar-refractivity contribution in [3.8, 4) is 23.1 Å². The number of hydrogen-bond donors (Lipinski definition) is 0. The van der Waals surface area contributed by atoms with Crippen LogP contribution in [0.5, 0.6) is 11.8 Å². The van der Waals surface area contributed by atoms with E-state index in [0.717, 1.165) is 7.11 Å². The second-order valence-corrected chi connectivity index (χ2v) is 5.69. The van der Waals surface area contributed by atoms with Crippen LogP contribution in [0, 0.1) is 0 Å². The van der Waals surface area contributed by atoms with Gasteiger partial charge < -0.3 is 9.47 Å². The molecule has 5 nitrogen and oxygen atoms in total. The Morgan fingerprint density at radius 3 is 2.17 bits per heavy atom.